The van der Waals surface area contributed by atoms with E-state index >= 15 is 0 Å². The molecule has 0 fully saturated rings. The molecule has 0 aromatic heterocycles. The molecule has 0 heterocycles. The molecule has 2 aromatic carbocycles. The average molecular weight is 340 g/mol. The largest absolute Gasteiger partial charge is 0.313 e. The Labute approximate surface area is 124 Å². The number of benzene rings is 2. The fraction of sp³-hybridized carbons (Fsp3) is 0.200. The molecule has 7 heteroatoms. The van der Waals surface area contributed by atoms with Crippen LogP contribution in [0.4, 0.5) is 23.8 Å². The predicted molar refractivity (Wildman–Crippen MR) is 77.4 cm³/mol. The summed E-state index contributed by atoms with van der Waals surface area (Å²) in [6.07, 6.45) is 0. The van der Waals surface area contributed by atoms with E-state index in [0.717, 1.165) is 22.8 Å². The van der Waals surface area contributed by atoms with E-state index < -0.39 is 20.9 Å². The van der Waals surface area contributed by atoms with Crippen LogP contribution in [-0.2, 0) is 0 Å². The molecule has 0 aliphatic rings. The highest BCUT2D eigenvalue weighted by Gasteiger charge is 2.67. The molecule has 0 amide bonds. The van der Waals surface area contributed by atoms with Crippen molar-refractivity contribution in [2.45, 2.75) is 25.7 Å². The summed E-state index contributed by atoms with van der Waals surface area (Å²) in [5.41, 5.74) is 3.09. The molecule has 0 radical (unpaired) electrons. The smallest absolute Gasteiger partial charge is 0.205 e. The van der Waals surface area contributed by atoms with Crippen LogP contribution in [0, 0.1) is 26.6 Å². The van der Waals surface area contributed by atoms with Crippen LogP contribution in [-0.4, -0.2) is 0 Å². The van der Waals surface area contributed by atoms with E-state index in [0.29, 0.717) is 11.6 Å². The van der Waals surface area contributed by atoms with E-state index in [9.17, 15) is 23.8 Å². The number of hydrogen-bond acceptors (Lipinski definition) is 0. The summed E-state index contributed by atoms with van der Waals surface area (Å²) in [4.78, 5) is -2.48. The summed E-state index contributed by atoms with van der Waals surface area (Å²) in [7, 11) is -10.0. The van der Waals surface area contributed by atoms with Crippen molar-refractivity contribution in [3.8, 4) is 11.1 Å². The highest BCUT2D eigenvalue weighted by Crippen LogP contribution is 3.02. The molecule has 0 saturated carbocycles. The Morgan fingerprint density at radius 2 is 1.27 bits per heavy atom. The third-order valence-corrected chi connectivity index (χ3v) is 4.48. The van der Waals surface area contributed by atoms with Gasteiger partial charge in [0.15, 0.2) is 0 Å². The van der Waals surface area contributed by atoms with Crippen molar-refractivity contribution >= 4 is 10.2 Å². The Bertz CT molecular complexity index is 739. The summed E-state index contributed by atoms with van der Waals surface area (Å²) in [5, 5.41) is 0. The Kier molecular flexibility index (Phi) is 3.21. The fourth-order valence-corrected chi connectivity index (χ4v) is 3.36. The fourth-order valence-electron chi connectivity index (χ4n) is 2.60. The van der Waals surface area contributed by atoms with Gasteiger partial charge in [0.05, 0.1) is 0 Å². The Hall–Kier alpha value is -1.63. The first-order chi connectivity index (χ1) is 9.69. The van der Waals surface area contributed by atoms with Crippen molar-refractivity contribution in [1.82, 2.24) is 0 Å². The van der Waals surface area contributed by atoms with Crippen LogP contribution in [0.1, 0.15) is 16.7 Å². The van der Waals surface area contributed by atoms with Gasteiger partial charge in [-0.25, -0.2) is 4.39 Å². The van der Waals surface area contributed by atoms with Crippen molar-refractivity contribution in [3.63, 3.8) is 0 Å². The average Bonchev–Trinajstić information content (AvgIpc) is 2.23. The molecule has 0 aliphatic carbocycles. The van der Waals surface area contributed by atoms with E-state index in [2.05, 4.69) is 0 Å². The van der Waals surface area contributed by atoms with Gasteiger partial charge in [-0.05, 0) is 55.2 Å². The van der Waals surface area contributed by atoms with Gasteiger partial charge >= 0.3 is 10.2 Å². The zero-order chi connectivity index (χ0) is 17.0. The van der Waals surface area contributed by atoms with E-state index in [-0.39, 0.29) is 11.6 Å². The lowest BCUT2D eigenvalue weighted by molar-refractivity contribution is 0.355. The predicted octanol–water partition coefficient (Wildman–Crippen LogP) is 7.08. The second-order valence-corrected chi connectivity index (χ2v) is 7.77. The molecule has 0 nitrogen and oxygen atoms in total. The van der Waals surface area contributed by atoms with Gasteiger partial charge in [0.1, 0.15) is 10.7 Å². The molecule has 2 aromatic rings. The van der Waals surface area contributed by atoms with Gasteiger partial charge in [-0.2, -0.15) is 0 Å². The number of hydrogen-bond donors (Lipinski definition) is 0. The molecule has 0 saturated heterocycles. The zero-order valence-corrected chi connectivity index (χ0v) is 12.9. The highest BCUT2D eigenvalue weighted by atomic mass is 32.5. The van der Waals surface area contributed by atoms with Crippen molar-refractivity contribution in [2.75, 3.05) is 0 Å². The maximum atomic E-state index is 13.7. The Morgan fingerprint density at radius 3 is 1.68 bits per heavy atom. The lowest BCUT2D eigenvalue weighted by Crippen LogP contribution is -2.08. The maximum Gasteiger partial charge on any atom is 0.313 e. The molecule has 122 valence electrons. The van der Waals surface area contributed by atoms with Crippen LogP contribution < -0.4 is 0 Å². The van der Waals surface area contributed by atoms with Gasteiger partial charge in [-0.15, -0.1) is 0 Å². The number of aryl methyl sites for hydroxylation is 3. The molecule has 0 unspecified atom stereocenters. The molecule has 0 N–H and O–H groups in total. The van der Waals surface area contributed by atoms with Gasteiger partial charge < -0.3 is 0 Å². The Morgan fingerprint density at radius 1 is 0.773 bits per heavy atom. The van der Waals surface area contributed by atoms with Crippen LogP contribution in [0.15, 0.2) is 35.2 Å². The number of halogens is 6. The highest BCUT2D eigenvalue weighted by molar-refractivity contribution is 8.45. The summed E-state index contributed by atoms with van der Waals surface area (Å²) in [5.74, 6) is -1.96. The van der Waals surface area contributed by atoms with E-state index in [1.54, 1.807) is 26.0 Å². The summed E-state index contributed by atoms with van der Waals surface area (Å²) in [6.45, 7) is 5.30. The minimum atomic E-state index is -10.0. The summed E-state index contributed by atoms with van der Waals surface area (Å²) in [6, 6.07) is 5.08. The maximum absolute atomic E-state index is 13.7. The molecule has 0 aliphatic heterocycles. The van der Waals surface area contributed by atoms with E-state index in [4.69, 9.17) is 0 Å². The van der Waals surface area contributed by atoms with Gasteiger partial charge in [-0.1, -0.05) is 43.2 Å². The topological polar surface area (TPSA) is 0 Å². The lowest BCUT2D eigenvalue weighted by atomic mass is 9.94. The van der Waals surface area contributed by atoms with Gasteiger partial charge in [-0.3, -0.25) is 0 Å². The van der Waals surface area contributed by atoms with Gasteiger partial charge in [0, 0.05) is 0 Å². The third-order valence-electron chi connectivity index (χ3n) is 3.31. The SMILES string of the molecule is Cc1cc(C)c(-c2ccc(S(F)(F)(F)(F)F)c(F)c2)c(C)c1. The summed E-state index contributed by atoms with van der Waals surface area (Å²) >= 11 is 0. The third kappa shape index (κ3) is 3.24. The first-order valence-corrected chi connectivity index (χ1v) is 8.26. The minimum Gasteiger partial charge on any atom is -0.205 e. The molecule has 0 atom stereocenters. The van der Waals surface area contributed by atoms with Crippen LogP contribution in [0.25, 0.3) is 11.1 Å². The van der Waals surface area contributed by atoms with Gasteiger partial charge in [0.2, 0.25) is 0 Å². The first kappa shape index (κ1) is 16.7. The van der Waals surface area contributed by atoms with Crippen LogP contribution in [0.3, 0.4) is 0 Å². The van der Waals surface area contributed by atoms with Crippen LogP contribution >= 0.6 is 10.2 Å². The molecule has 0 spiro atoms. The zero-order valence-electron chi connectivity index (χ0n) is 12.1. The van der Waals surface area contributed by atoms with Crippen molar-refractivity contribution in [2.24, 2.45) is 0 Å². The monoisotopic (exact) mass is 340 g/mol. The second kappa shape index (κ2) is 4.22. The van der Waals surface area contributed by atoms with Crippen LogP contribution in [0.2, 0.25) is 0 Å². The van der Waals surface area contributed by atoms with Crippen molar-refractivity contribution in [3.05, 3.63) is 52.8 Å². The standard InChI is InChI=1S/C15H14F6S/c1-9-6-10(2)15(11(3)7-9)12-4-5-14(13(16)8-12)22(17,18,19,20)21/h4-8H,1-3H3. The minimum absolute atomic E-state index is 0.116. The second-order valence-electron chi connectivity index (χ2n) is 5.39. The van der Waals surface area contributed by atoms with Crippen molar-refractivity contribution in [1.29, 1.82) is 0 Å². The van der Waals surface area contributed by atoms with E-state index in [1.807, 2.05) is 6.92 Å². The lowest BCUT2D eigenvalue weighted by Gasteiger charge is -2.40. The number of rotatable bonds is 2. The molecule has 2 rings (SSSR count). The Balaban J connectivity index is 2.67. The first-order valence-electron chi connectivity index (χ1n) is 6.31. The van der Waals surface area contributed by atoms with Gasteiger partial charge in [0.25, 0.3) is 0 Å². The van der Waals surface area contributed by atoms with Crippen molar-refractivity contribution < 1.29 is 23.8 Å². The molecule has 22 heavy (non-hydrogen) atoms. The summed E-state index contributed by atoms with van der Waals surface area (Å²) < 4.78 is 77.3. The van der Waals surface area contributed by atoms with Crippen LogP contribution in [0.5, 0.6) is 0 Å². The molecule has 0 bridgehead atoms. The molecular formula is C15H14F6S. The van der Waals surface area contributed by atoms with E-state index in [1.165, 1.54) is 0 Å². The normalized spacial score (nSPS) is 15.3. The molecular weight excluding hydrogens is 326 g/mol. The quantitative estimate of drug-likeness (QED) is 0.513.